The molecule has 2 heterocycles. The molecule has 1 fully saturated rings. The summed E-state index contributed by atoms with van der Waals surface area (Å²) < 4.78 is 0. The third-order valence-electron chi connectivity index (χ3n) is 3.35. The van der Waals surface area contributed by atoms with Crippen molar-refractivity contribution in [3.63, 3.8) is 0 Å². The molecule has 98 valence electrons. The quantitative estimate of drug-likeness (QED) is 0.808. The standard InChI is InChI=1S/C14H20N2OS/c1-11(17)12-6-8-16(9-12)10-14-5-4-13(18-14)3-2-7-15/h4-5,11-12,17H,6-10,15H2,1H3. The molecule has 0 aromatic carbocycles. The highest BCUT2D eigenvalue weighted by molar-refractivity contribution is 7.12. The minimum absolute atomic E-state index is 0.190. The molecule has 0 bridgehead atoms. The highest BCUT2D eigenvalue weighted by Gasteiger charge is 2.25. The predicted molar refractivity (Wildman–Crippen MR) is 75.3 cm³/mol. The fourth-order valence-corrected chi connectivity index (χ4v) is 3.21. The summed E-state index contributed by atoms with van der Waals surface area (Å²) in [6.45, 7) is 5.35. The summed E-state index contributed by atoms with van der Waals surface area (Å²) in [5.74, 6) is 6.37. The maximum absolute atomic E-state index is 9.58. The van der Waals surface area contributed by atoms with Crippen molar-refractivity contribution in [2.45, 2.75) is 26.0 Å². The van der Waals surface area contributed by atoms with Crippen molar-refractivity contribution in [3.8, 4) is 11.8 Å². The first-order valence-electron chi connectivity index (χ1n) is 6.37. The average molecular weight is 264 g/mol. The van der Waals surface area contributed by atoms with Crippen LogP contribution in [0.3, 0.4) is 0 Å². The Bertz CT molecular complexity index is 444. The van der Waals surface area contributed by atoms with Gasteiger partial charge < -0.3 is 10.8 Å². The predicted octanol–water partition coefficient (Wildman–Crippen LogP) is 1.26. The molecule has 2 atom stereocenters. The van der Waals surface area contributed by atoms with Crippen LogP contribution in [-0.2, 0) is 6.54 Å². The lowest BCUT2D eigenvalue weighted by Crippen LogP contribution is -2.23. The smallest absolute Gasteiger partial charge is 0.0772 e. The van der Waals surface area contributed by atoms with E-state index >= 15 is 0 Å². The van der Waals surface area contributed by atoms with Gasteiger partial charge in [0.15, 0.2) is 0 Å². The van der Waals surface area contributed by atoms with Crippen molar-refractivity contribution < 1.29 is 5.11 Å². The normalized spacial score (nSPS) is 21.6. The number of aliphatic hydroxyl groups is 1. The van der Waals surface area contributed by atoms with E-state index in [0.717, 1.165) is 30.9 Å². The van der Waals surface area contributed by atoms with Crippen LogP contribution in [-0.4, -0.2) is 35.7 Å². The Hall–Kier alpha value is -0.860. The van der Waals surface area contributed by atoms with E-state index in [0.29, 0.717) is 12.5 Å². The van der Waals surface area contributed by atoms with Crippen LogP contribution < -0.4 is 5.73 Å². The van der Waals surface area contributed by atoms with E-state index < -0.39 is 0 Å². The molecule has 4 heteroatoms. The van der Waals surface area contributed by atoms with Gasteiger partial charge in [0.1, 0.15) is 0 Å². The van der Waals surface area contributed by atoms with Crippen LogP contribution in [0.15, 0.2) is 12.1 Å². The number of aliphatic hydroxyl groups excluding tert-OH is 1. The Morgan fingerprint density at radius 1 is 1.61 bits per heavy atom. The Labute approximate surface area is 113 Å². The van der Waals surface area contributed by atoms with Gasteiger partial charge in [0, 0.05) is 18.0 Å². The van der Waals surface area contributed by atoms with Crippen LogP contribution in [0.5, 0.6) is 0 Å². The van der Waals surface area contributed by atoms with Gasteiger partial charge in [-0.1, -0.05) is 11.8 Å². The molecule has 18 heavy (non-hydrogen) atoms. The number of hydrogen-bond donors (Lipinski definition) is 2. The van der Waals surface area contributed by atoms with Gasteiger partial charge in [-0.3, -0.25) is 4.90 Å². The molecule has 2 rings (SSSR count). The Morgan fingerprint density at radius 3 is 3.11 bits per heavy atom. The number of hydrogen-bond acceptors (Lipinski definition) is 4. The lowest BCUT2D eigenvalue weighted by atomic mass is 10.0. The molecule has 1 saturated heterocycles. The molecule has 1 aromatic rings. The number of nitrogens with two attached hydrogens (primary N) is 1. The molecular weight excluding hydrogens is 244 g/mol. The van der Waals surface area contributed by atoms with E-state index in [4.69, 9.17) is 5.73 Å². The lowest BCUT2D eigenvalue weighted by molar-refractivity contribution is 0.127. The second-order valence-electron chi connectivity index (χ2n) is 4.80. The van der Waals surface area contributed by atoms with Crippen molar-refractivity contribution in [1.29, 1.82) is 0 Å². The van der Waals surface area contributed by atoms with Gasteiger partial charge in [-0.15, -0.1) is 11.3 Å². The van der Waals surface area contributed by atoms with Gasteiger partial charge in [-0.2, -0.15) is 0 Å². The SMILES string of the molecule is CC(O)C1CCN(Cc2ccc(C#CCN)s2)C1. The molecule has 1 aromatic heterocycles. The summed E-state index contributed by atoms with van der Waals surface area (Å²) in [6, 6.07) is 4.20. The molecular formula is C14H20N2OS. The zero-order valence-electron chi connectivity index (χ0n) is 10.7. The van der Waals surface area contributed by atoms with Crippen LogP contribution in [0.1, 0.15) is 23.1 Å². The maximum Gasteiger partial charge on any atom is 0.0772 e. The third-order valence-corrected chi connectivity index (χ3v) is 4.33. The van der Waals surface area contributed by atoms with E-state index in [-0.39, 0.29) is 6.10 Å². The van der Waals surface area contributed by atoms with Crippen molar-refractivity contribution in [3.05, 3.63) is 21.9 Å². The molecule has 0 spiro atoms. The van der Waals surface area contributed by atoms with E-state index in [1.54, 1.807) is 11.3 Å². The molecule has 1 aliphatic rings. The lowest BCUT2D eigenvalue weighted by Gasteiger charge is -2.16. The Kier molecular flexibility index (Phi) is 4.79. The van der Waals surface area contributed by atoms with Gasteiger partial charge in [-0.05, 0) is 37.9 Å². The van der Waals surface area contributed by atoms with E-state index in [2.05, 4.69) is 28.9 Å². The van der Waals surface area contributed by atoms with Crippen molar-refractivity contribution in [2.75, 3.05) is 19.6 Å². The van der Waals surface area contributed by atoms with Gasteiger partial charge in [0.2, 0.25) is 0 Å². The Balaban J connectivity index is 1.89. The summed E-state index contributed by atoms with van der Waals surface area (Å²) in [6.07, 6.45) is 0.910. The van der Waals surface area contributed by atoms with E-state index in [1.807, 2.05) is 6.92 Å². The zero-order chi connectivity index (χ0) is 13.0. The van der Waals surface area contributed by atoms with Crippen LogP contribution in [0.2, 0.25) is 0 Å². The zero-order valence-corrected chi connectivity index (χ0v) is 11.5. The first-order valence-corrected chi connectivity index (χ1v) is 7.18. The maximum atomic E-state index is 9.58. The van der Waals surface area contributed by atoms with Crippen LogP contribution in [0.25, 0.3) is 0 Å². The Morgan fingerprint density at radius 2 is 2.44 bits per heavy atom. The van der Waals surface area contributed by atoms with Crippen molar-refractivity contribution >= 4 is 11.3 Å². The number of rotatable bonds is 3. The average Bonchev–Trinajstić information content (AvgIpc) is 2.96. The van der Waals surface area contributed by atoms with Crippen molar-refractivity contribution in [1.82, 2.24) is 4.90 Å². The molecule has 0 radical (unpaired) electrons. The van der Waals surface area contributed by atoms with Crippen LogP contribution >= 0.6 is 11.3 Å². The van der Waals surface area contributed by atoms with Gasteiger partial charge >= 0.3 is 0 Å². The minimum Gasteiger partial charge on any atom is -0.393 e. The molecule has 0 saturated carbocycles. The monoisotopic (exact) mass is 264 g/mol. The van der Waals surface area contributed by atoms with Gasteiger partial charge in [-0.25, -0.2) is 0 Å². The molecule has 2 unspecified atom stereocenters. The van der Waals surface area contributed by atoms with Crippen molar-refractivity contribution in [2.24, 2.45) is 11.7 Å². The highest BCUT2D eigenvalue weighted by Crippen LogP contribution is 2.24. The number of likely N-dealkylation sites (tertiary alicyclic amines) is 1. The topological polar surface area (TPSA) is 49.5 Å². The van der Waals surface area contributed by atoms with Crippen LogP contribution in [0, 0.1) is 17.8 Å². The summed E-state index contributed by atoms with van der Waals surface area (Å²) in [5, 5.41) is 9.58. The molecule has 1 aliphatic heterocycles. The first-order chi connectivity index (χ1) is 8.69. The van der Waals surface area contributed by atoms with Crippen LogP contribution in [0.4, 0.5) is 0 Å². The third kappa shape index (κ3) is 3.56. The second kappa shape index (κ2) is 6.35. The summed E-state index contributed by atoms with van der Waals surface area (Å²) in [7, 11) is 0. The van der Waals surface area contributed by atoms with E-state index in [9.17, 15) is 5.11 Å². The largest absolute Gasteiger partial charge is 0.393 e. The van der Waals surface area contributed by atoms with E-state index in [1.165, 1.54) is 4.88 Å². The molecule has 3 N–H and O–H groups in total. The first kappa shape index (κ1) is 13.6. The second-order valence-corrected chi connectivity index (χ2v) is 5.96. The summed E-state index contributed by atoms with van der Waals surface area (Å²) in [4.78, 5) is 4.83. The number of nitrogens with zero attached hydrogens (tertiary/aromatic N) is 1. The highest BCUT2D eigenvalue weighted by atomic mass is 32.1. The number of thiophene rings is 1. The minimum atomic E-state index is -0.190. The summed E-state index contributed by atoms with van der Waals surface area (Å²) >= 11 is 1.74. The fourth-order valence-electron chi connectivity index (χ4n) is 2.29. The molecule has 3 nitrogen and oxygen atoms in total. The summed E-state index contributed by atoms with van der Waals surface area (Å²) in [5.41, 5.74) is 5.36. The fraction of sp³-hybridized carbons (Fsp3) is 0.571. The van der Waals surface area contributed by atoms with Gasteiger partial charge in [0.05, 0.1) is 17.5 Å². The molecule has 0 aliphatic carbocycles. The molecule has 0 amide bonds. The van der Waals surface area contributed by atoms with Gasteiger partial charge in [0.25, 0.3) is 0 Å².